The van der Waals surface area contributed by atoms with Crippen LogP contribution in [0.3, 0.4) is 0 Å². The van der Waals surface area contributed by atoms with E-state index in [0.29, 0.717) is 0 Å². The van der Waals surface area contributed by atoms with Gasteiger partial charge in [-0.2, -0.15) is 0 Å². The van der Waals surface area contributed by atoms with Crippen molar-refractivity contribution in [2.24, 2.45) is 0 Å². The van der Waals surface area contributed by atoms with E-state index in [1.165, 1.54) is 18.2 Å². The Morgan fingerprint density at radius 2 is 1.81 bits per heavy atom. The lowest BCUT2D eigenvalue weighted by atomic mass is 10.1. The number of amides is 1. The average Bonchev–Trinajstić information content (AvgIpc) is 3.51. The molecule has 0 aliphatic heterocycles. The summed E-state index contributed by atoms with van der Waals surface area (Å²) in [6.07, 6.45) is 1.65. The molecule has 2 aromatic carbocycles. The summed E-state index contributed by atoms with van der Waals surface area (Å²) in [5.41, 5.74) is 0.361. The molecule has 2 aromatic rings. The fourth-order valence-electron chi connectivity index (χ4n) is 2.78. The number of hydrogen-bond acceptors (Lipinski definition) is 5. The smallest absolute Gasteiger partial charge is 0.338 e. The van der Waals surface area contributed by atoms with E-state index >= 15 is 0 Å². The van der Waals surface area contributed by atoms with Crippen LogP contribution < -0.4 is 0 Å². The number of halogens is 1. The van der Waals surface area contributed by atoms with Gasteiger partial charge in [0.1, 0.15) is 5.82 Å². The summed E-state index contributed by atoms with van der Waals surface area (Å²) in [4.78, 5) is 36.9. The summed E-state index contributed by atoms with van der Waals surface area (Å²) in [6, 6.07) is 9.33. The molecule has 0 saturated heterocycles. The first kappa shape index (κ1) is 18.5. The van der Waals surface area contributed by atoms with Crippen molar-refractivity contribution in [2.45, 2.75) is 25.4 Å². The van der Waals surface area contributed by atoms with Crippen LogP contribution >= 0.6 is 0 Å². The van der Waals surface area contributed by atoms with Crippen molar-refractivity contribution in [1.82, 2.24) is 4.90 Å². The standard InChI is InChI=1S/C19H17FN2O5/c1-27-19(24)14-8-13(9-17(10-14)22(25)26)18(23)21(16-6-7-16)11-12-2-4-15(20)5-3-12/h2-5,8-10,16H,6-7,11H2,1H3. The zero-order valence-electron chi connectivity index (χ0n) is 14.6. The first-order chi connectivity index (χ1) is 12.9. The molecule has 140 valence electrons. The minimum Gasteiger partial charge on any atom is -0.465 e. The monoisotopic (exact) mass is 372 g/mol. The van der Waals surface area contributed by atoms with Crippen LogP contribution in [-0.4, -0.2) is 34.9 Å². The lowest BCUT2D eigenvalue weighted by molar-refractivity contribution is -0.384. The maximum atomic E-state index is 13.1. The van der Waals surface area contributed by atoms with E-state index < -0.39 is 16.8 Å². The third-order valence-electron chi connectivity index (χ3n) is 4.31. The summed E-state index contributed by atoms with van der Waals surface area (Å²) in [7, 11) is 1.16. The minimum absolute atomic E-state index is 0.0170. The van der Waals surface area contributed by atoms with Crippen LogP contribution in [0.5, 0.6) is 0 Å². The molecular weight excluding hydrogens is 355 g/mol. The summed E-state index contributed by atoms with van der Waals surface area (Å²) >= 11 is 0. The number of esters is 1. The van der Waals surface area contributed by atoms with Gasteiger partial charge < -0.3 is 9.64 Å². The molecule has 1 saturated carbocycles. The molecule has 8 heteroatoms. The quantitative estimate of drug-likeness (QED) is 0.441. The van der Waals surface area contributed by atoms with Crippen molar-refractivity contribution < 1.29 is 23.6 Å². The molecule has 7 nitrogen and oxygen atoms in total. The Morgan fingerprint density at radius 3 is 2.37 bits per heavy atom. The summed E-state index contributed by atoms with van der Waals surface area (Å²) in [5.74, 6) is -1.55. The van der Waals surface area contributed by atoms with Gasteiger partial charge in [0.05, 0.1) is 17.6 Å². The molecule has 0 spiro atoms. The highest BCUT2D eigenvalue weighted by molar-refractivity contribution is 5.99. The van der Waals surface area contributed by atoms with Gasteiger partial charge in [0, 0.05) is 30.3 Å². The number of hydrogen-bond donors (Lipinski definition) is 0. The van der Waals surface area contributed by atoms with Gasteiger partial charge in [-0.1, -0.05) is 12.1 Å². The van der Waals surface area contributed by atoms with Crippen LogP contribution in [-0.2, 0) is 11.3 Å². The van der Waals surface area contributed by atoms with Crippen LogP contribution in [0, 0.1) is 15.9 Å². The molecule has 1 aliphatic carbocycles. The van der Waals surface area contributed by atoms with Crippen molar-refractivity contribution in [1.29, 1.82) is 0 Å². The number of nitro groups is 1. The molecule has 0 bridgehead atoms. The maximum Gasteiger partial charge on any atom is 0.338 e. The molecule has 0 atom stereocenters. The summed E-state index contributed by atoms with van der Waals surface area (Å²) in [6.45, 7) is 0.250. The molecule has 0 radical (unpaired) electrons. The lowest BCUT2D eigenvalue weighted by Crippen LogP contribution is -2.32. The molecule has 0 heterocycles. The third-order valence-corrected chi connectivity index (χ3v) is 4.31. The van der Waals surface area contributed by atoms with Gasteiger partial charge in [-0.25, -0.2) is 9.18 Å². The summed E-state index contributed by atoms with van der Waals surface area (Å²) in [5, 5.41) is 11.2. The number of nitrogens with zero attached hydrogens (tertiary/aromatic N) is 2. The molecule has 1 aliphatic rings. The Hall–Kier alpha value is -3.29. The fourth-order valence-corrected chi connectivity index (χ4v) is 2.78. The van der Waals surface area contributed by atoms with Crippen LogP contribution in [0.15, 0.2) is 42.5 Å². The van der Waals surface area contributed by atoms with Crippen molar-refractivity contribution in [2.75, 3.05) is 7.11 Å². The van der Waals surface area contributed by atoms with Crippen LogP contribution in [0.25, 0.3) is 0 Å². The molecule has 0 aromatic heterocycles. The first-order valence-electron chi connectivity index (χ1n) is 8.32. The Labute approximate surface area is 154 Å². The highest BCUT2D eigenvalue weighted by Crippen LogP contribution is 2.31. The number of benzene rings is 2. The second kappa shape index (κ2) is 7.53. The normalized spacial score (nSPS) is 13.1. The molecule has 1 fully saturated rings. The second-order valence-electron chi connectivity index (χ2n) is 6.31. The van der Waals surface area contributed by atoms with Crippen molar-refractivity contribution in [3.63, 3.8) is 0 Å². The number of carbonyl (C=O) groups excluding carboxylic acids is 2. The van der Waals surface area contributed by atoms with E-state index in [1.54, 1.807) is 17.0 Å². The van der Waals surface area contributed by atoms with E-state index in [0.717, 1.165) is 37.6 Å². The predicted molar refractivity (Wildman–Crippen MR) is 93.7 cm³/mol. The number of nitro benzene ring substituents is 1. The Morgan fingerprint density at radius 1 is 1.19 bits per heavy atom. The largest absolute Gasteiger partial charge is 0.465 e. The van der Waals surface area contributed by atoms with Gasteiger partial charge in [-0.3, -0.25) is 14.9 Å². The topological polar surface area (TPSA) is 89.8 Å². The summed E-state index contributed by atoms with van der Waals surface area (Å²) < 4.78 is 17.7. The SMILES string of the molecule is COC(=O)c1cc(C(=O)N(Cc2ccc(F)cc2)C2CC2)cc([N+](=O)[O-])c1. The molecular formula is C19H17FN2O5. The fraction of sp³-hybridized carbons (Fsp3) is 0.263. The maximum absolute atomic E-state index is 13.1. The molecule has 1 amide bonds. The van der Waals surface area contributed by atoms with Gasteiger partial charge in [0.25, 0.3) is 11.6 Å². The van der Waals surface area contributed by atoms with E-state index in [2.05, 4.69) is 4.74 Å². The zero-order chi connectivity index (χ0) is 19.6. The van der Waals surface area contributed by atoms with Crippen molar-refractivity contribution >= 4 is 17.6 Å². The van der Waals surface area contributed by atoms with Gasteiger partial charge >= 0.3 is 5.97 Å². The van der Waals surface area contributed by atoms with Gasteiger partial charge in [0.15, 0.2) is 0 Å². The number of methoxy groups -OCH3 is 1. The molecule has 3 rings (SSSR count). The van der Waals surface area contributed by atoms with Crippen LogP contribution in [0.2, 0.25) is 0 Å². The molecule has 0 unspecified atom stereocenters. The first-order valence-corrected chi connectivity index (χ1v) is 8.32. The highest BCUT2D eigenvalue weighted by atomic mass is 19.1. The minimum atomic E-state index is -0.760. The Kier molecular flexibility index (Phi) is 5.16. The lowest BCUT2D eigenvalue weighted by Gasteiger charge is -2.23. The predicted octanol–water partition coefficient (Wildman–Crippen LogP) is 3.33. The Balaban J connectivity index is 1.93. The van der Waals surface area contributed by atoms with Crippen molar-refractivity contribution in [3.05, 3.63) is 75.1 Å². The van der Waals surface area contributed by atoms with Crippen molar-refractivity contribution in [3.8, 4) is 0 Å². The number of ether oxygens (including phenoxy) is 1. The second-order valence-corrected chi connectivity index (χ2v) is 6.31. The average molecular weight is 372 g/mol. The number of rotatable bonds is 6. The van der Waals surface area contributed by atoms with Gasteiger partial charge in [0.2, 0.25) is 0 Å². The van der Waals surface area contributed by atoms with E-state index in [9.17, 15) is 24.1 Å². The molecule has 0 N–H and O–H groups in total. The molecule has 27 heavy (non-hydrogen) atoms. The van der Waals surface area contributed by atoms with Crippen LogP contribution in [0.1, 0.15) is 39.1 Å². The van der Waals surface area contributed by atoms with E-state index in [1.807, 2.05) is 0 Å². The number of non-ortho nitro benzene ring substituents is 1. The van der Waals surface area contributed by atoms with Gasteiger partial charge in [-0.15, -0.1) is 0 Å². The zero-order valence-corrected chi connectivity index (χ0v) is 14.6. The highest BCUT2D eigenvalue weighted by Gasteiger charge is 2.34. The number of carbonyl (C=O) groups is 2. The van der Waals surface area contributed by atoms with Gasteiger partial charge in [-0.05, 0) is 36.6 Å². The van der Waals surface area contributed by atoms with Crippen LogP contribution in [0.4, 0.5) is 10.1 Å². The van der Waals surface area contributed by atoms with E-state index in [4.69, 9.17) is 0 Å². The Bertz CT molecular complexity index is 893. The van der Waals surface area contributed by atoms with E-state index in [-0.39, 0.29) is 35.2 Å². The third kappa shape index (κ3) is 4.28.